The molecule has 5 heteroatoms. The van der Waals surface area contributed by atoms with E-state index in [1.54, 1.807) is 0 Å². The Morgan fingerprint density at radius 2 is 1.87 bits per heavy atom. The minimum Gasteiger partial charge on any atom is -0.336 e. The number of carbonyl (C=O) groups excluding carboxylic acids is 1. The number of carbonyl (C=O) groups is 1. The van der Waals surface area contributed by atoms with Gasteiger partial charge in [-0.25, -0.2) is 0 Å². The fourth-order valence-electron chi connectivity index (χ4n) is 2.90. The van der Waals surface area contributed by atoms with Gasteiger partial charge in [0.2, 0.25) is 0 Å². The van der Waals surface area contributed by atoms with Crippen molar-refractivity contribution in [1.29, 1.82) is 0 Å². The first-order valence-corrected chi connectivity index (χ1v) is 8.75. The van der Waals surface area contributed by atoms with Gasteiger partial charge in [0.1, 0.15) is 0 Å². The van der Waals surface area contributed by atoms with Gasteiger partial charge in [-0.2, -0.15) is 0 Å². The van der Waals surface area contributed by atoms with Gasteiger partial charge < -0.3 is 4.90 Å². The van der Waals surface area contributed by atoms with Gasteiger partial charge in [-0.05, 0) is 49.4 Å². The monoisotopic (exact) mass is 317 g/mol. The van der Waals surface area contributed by atoms with Crippen LogP contribution in [0.15, 0.2) is 24.3 Å². The molecule has 5 nitrogen and oxygen atoms in total. The SMILES string of the molecule is CCCONc1ccc(C(=O)N2CCN(CC3CC3)CC2)cc1. The summed E-state index contributed by atoms with van der Waals surface area (Å²) in [5, 5.41) is 0. The second-order valence-electron chi connectivity index (χ2n) is 6.56. The smallest absolute Gasteiger partial charge is 0.253 e. The number of anilines is 1. The molecule has 0 aromatic heterocycles. The highest BCUT2D eigenvalue weighted by molar-refractivity contribution is 5.94. The van der Waals surface area contributed by atoms with Crippen molar-refractivity contribution in [2.24, 2.45) is 5.92 Å². The number of rotatable bonds is 7. The standard InChI is InChI=1S/C18H27N3O2/c1-2-13-23-19-17-7-5-16(6-8-17)18(22)21-11-9-20(10-12-21)14-15-3-4-15/h5-8,15,19H,2-4,9-14H2,1H3. The minimum absolute atomic E-state index is 0.136. The summed E-state index contributed by atoms with van der Waals surface area (Å²) in [4.78, 5) is 22.3. The molecule has 0 atom stereocenters. The molecule has 1 aromatic rings. The lowest BCUT2D eigenvalue weighted by molar-refractivity contribution is 0.0632. The Morgan fingerprint density at radius 3 is 2.48 bits per heavy atom. The highest BCUT2D eigenvalue weighted by Gasteiger charge is 2.27. The lowest BCUT2D eigenvalue weighted by Crippen LogP contribution is -2.49. The number of benzene rings is 1. The average molecular weight is 317 g/mol. The Balaban J connectivity index is 1.47. The largest absolute Gasteiger partial charge is 0.336 e. The van der Waals surface area contributed by atoms with Crippen molar-refractivity contribution in [3.8, 4) is 0 Å². The summed E-state index contributed by atoms with van der Waals surface area (Å²) in [5.74, 6) is 1.06. The van der Waals surface area contributed by atoms with Crippen LogP contribution in [-0.4, -0.2) is 55.0 Å². The number of hydrogen-bond acceptors (Lipinski definition) is 4. The molecule has 0 unspecified atom stereocenters. The maximum Gasteiger partial charge on any atom is 0.253 e. The van der Waals surface area contributed by atoms with Crippen LogP contribution in [0.1, 0.15) is 36.5 Å². The van der Waals surface area contributed by atoms with E-state index in [9.17, 15) is 4.79 Å². The Bertz CT molecular complexity index is 506. The third kappa shape index (κ3) is 4.69. The zero-order valence-electron chi connectivity index (χ0n) is 14.0. The first-order chi connectivity index (χ1) is 11.3. The molecule has 1 aliphatic heterocycles. The van der Waals surface area contributed by atoms with Crippen molar-refractivity contribution in [2.75, 3.05) is 44.8 Å². The highest BCUT2D eigenvalue weighted by atomic mass is 16.6. The van der Waals surface area contributed by atoms with Gasteiger partial charge in [-0.3, -0.25) is 20.0 Å². The molecule has 0 spiro atoms. The van der Waals surface area contributed by atoms with E-state index in [-0.39, 0.29) is 5.91 Å². The molecule has 1 aromatic carbocycles. The Labute approximate surface area is 138 Å². The zero-order chi connectivity index (χ0) is 16.1. The quantitative estimate of drug-likeness (QED) is 0.620. The summed E-state index contributed by atoms with van der Waals surface area (Å²) in [5.41, 5.74) is 4.52. The number of nitrogens with one attached hydrogen (secondary N) is 1. The van der Waals surface area contributed by atoms with Crippen molar-refractivity contribution >= 4 is 11.6 Å². The van der Waals surface area contributed by atoms with Crippen LogP contribution >= 0.6 is 0 Å². The van der Waals surface area contributed by atoms with Crippen molar-refractivity contribution in [3.05, 3.63) is 29.8 Å². The molecule has 3 rings (SSSR count). The molecule has 23 heavy (non-hydrogen) atoms. The van der Waals surface area contributed by atoms with E-state index < -0.39 is 0 Å². The summed E-state index contributed by atoms with van der Waals surface area (Å²) in [7, 11) is 0. The first-order valence-electron chi connectivity index (χ1n) is 8.75. The Morgan fingerprint density at radius 1 is 1.17 bits per heavy atom. The van der Waals surface area contributed by atoms with Gasteiger partial charge in [-0.1, -0.05) is 6.92 Å². The van der Waals surface area contributed by atoms with E-state index in [1.807, 2.05) is 29.2 Å². The highest BCUT2D eigenvalue weighted by Crippen LogP contribution is 2.30. The van der Waals surface area contributed by atoms with Gasteiger partial charge in [0.15, 0.2) is 0 Å². The fraction of sp³-hybridized carbons (Fsp3) is 0.611. The van der Waals surface area contributed by atoms with Crippen molar-refractivity contribution in [2.45, 2.75) is 26.2 Å². The Hall–Kier alpha value is -1.59. The summed E-state index contributed by atoms with van der Waals surface area (Å²) in [6.45, 7) is 7.65. The van der Waals surface area contributed by atoms with E-state index in [4.69, 9.17) is 4.84 Å². The van der Waals surface area contributed by atoms with Crippen LogP contribution in [0, 0.1) is 5.92 Å². The topological polar surface area (TPSA) is 44.8 Å². The second kappa shape index (κ2) is 7.79. The zero-order valence-corrected chi connectivity index (χ0v) is 14.0. The van der Waals surface area contributed by atoms with Crippen LogP contribution in [0.4, 0.5) is 5.69 Å². The van der Waals surface area contributed by atoms with Gasteiger partial charge >= 0.3 is 0 Å². The van der Waals surface area contributed by atoms with E-state index in [0.717, 1.165) is 49.8 Å². The van der Waals surface area contributed by atoms with E-state index in [1.165, 1.54) is 19.4 Å². The molecule has 0 radical (unpaired) electrons. The summed E-state index contributed by atoms with van der Waals surface area (Å²) < 4.78 is 0. The van der Waals surface area contributed by atoms with Gasteiger partial charge in [0, 0.05) is 38.3 Å². The Kier molecular flexibility index (Phi) is 5.51. The number of nitrogens with zero attached hydrogens (tertiary/aromatic N) is 2. The molecule has 1 aliphatic carbocycles. The van der Waals surface area contributed by atoms with E-state index >= 15 is 0 Å². The lowest BCUT2D eigenvalue weighted by atomic mass is 10.1. The molecule has 2 aliphatic rings. The second-order valence-corrected chi connectivity index (χ2v) is 6.56. The molecule has 1 saturated heterocycles. The van der Waals surface area contributed by atoms with Crippen molar-refractivity contribution in [3.63, 3.8) is 0 Å². The van der Waals surface area contributed by atoms with Crippen molar-refractivity contribution in [1.82, 2.24) is 9.80 Å². The maximum atomic E-state index is 12.6. The van der Waals surface area contributed by atoms with Crippen LogP contribution in [0.25, 0.3) is 0 Å². The molecule has 1 N–H and O–H groups in total. The summed E-state index contributed by atoms with van der Waals surface area (Å²) >= 11 is 0. The molecule has 1 saturated carbocycles. The summed E-state index contributed by atoms with van der Waals surface area (Å²) in [6.07, 6.45) is 3.75. The molecular formula is C18H27N3O2. The lowest BCUT2D eigenvalue weighted by Gasteiger charge is -2.34. The maximum absolute atomic E-state index is 12.6. The molecular weight excluding hydrogens is 290 g/mol. The van der Waals surface area contributed by atoms with E-state index in [0.29, 0.717) is 6.61 Å². The van der Waals surface area contributed by atoms with Crippen LogP contribution in [0.5, 0.6) is 0 Å². The minimum atomic E-state index is 0.136. The molecule has 2 fully saturated rings. The average Bonchev–Trinajstić information content (AvgIpc) is 3.40. The van der Waals surface area contributed by atoms with E-state index in [2.05, 4.69) is 17.3 Å². The fourth-order valence-corrected chi connectivity index (χ4v) is 2.90. The van der Waals surface area contributed by atoms with Gasteiger partial charge in [-0.15, -0.1) is 0 Å². The van der Waals surface area contributed by atoms with Gasteiger partial charge in [0.05, 0.1) is 12.3 Å². The number of piperazine rings is 1. The van der Waals surface area contributed by atoms with Crippen LogP contribution in [0.3, 0.4) is 0 Å². The number of hydrogen-bond donors (Lipinski definition) is 1. The van der Waals surface area contributed by atoms with Crippen molar-refractivity contribution < 1.29 is 9.63 Å². The number of amides is 1. The third-order valence-electron chi connectivity index (χ3n) is 4.50. The molecule has 1 amide bonds. The van der Waals surface area contributed by atoms with Crippen LogP contribution < -0.4 is 5.48 Å². The molecule has 1 heterocycles. The van der Waals surface area contributed by atoms with Gasteiger partial charge in [0.25, 0.3) is 5.91 Å². The summed E-state index contributed by atoms with van der Waals surface area (Å²) in [6, 6.07) is 7.53. The third-order valence-corrected chi connectivity index (χ3v) is 4.50. The first kappa shape index (κ1) is 16.3. The normalized spacial score (nSPS) is 18.9. The molecule has 0 bridgehead atoms. The van der Waals surface area contributed by atoms with Crippen LogP contribution in [-0.2, 0) is 4.84 Å². The predicted octanol–water partition coefficient (Wildman–Crippen LogP) is 2.61. The predicted molar refractivity (Wildman–Crippen MR) is 91.4 cm³/mol. The molecule has 126 valence electrons. The van der Waals surface area contributed by atoms with Crippen LogP contribution in [0.2, 0.25) is 0 Å².